The van der Waals surface area contributed by atoms with Crippen molar-refractivity contribution in [2.75, 3.05) is 21.3 Å². The minimum Gasteiger partial charge on any atom is -0.504 e. The molecular weight excluding hydrogens is 456 g/mol. The zero-order valence-corrected chi connectivity index (χ0v) is 18.9. The summed E-state index contributed by atoms with van der Waals surface area (Å²) in [6.07, 6.45) is -1.91. The molecule has 2 amide bonds. The molecule has 4 fully saturated rings. The van der Waals surface area contributed by atoms with Crippen molar-refractivity contribution >= 4 is 23.6 Å². The number of piperazine rings is 1. The van der Waals surface area contributed by atoms with Crippen molar-refractivity contribution < 1.29 is 44.3 Å². The maximum Gasteiger partial charge on any atom is 0.272 e. The number of aliphatic hydroxyl groups excluding tert-OH is 2. The lowest BCUT2D eigenvalue weighted by molar-refractivity contribution is -0.332. The van der Waals surface area contributed by atoms with Gasteiger partial charge in [0.15, 0.2) is 16.4 Å². The van der Waals surface area contributed by atoms with E-state index in [1.807, 2.05) is 0 Å². The largest absolute Gasteiger partial charge is 0.504 e. The molecule has 12 heteroatoms. The van der Waals surface area contributed by atoms with Crippen molar-refractivity contribution in [3.63, 3.8) is 0 Å². The van der Waals surface area contributed by atoms with E-state index in [4.69, 9.17) is 14.3 Å². The normalized spacial score (nSPS) is 39.4. The van der Waals surface area contributed by atoms with Gasteiger partial charge in [0.25, 0.3) is 11.8 Å². The number of hydroxylamine groups is 2. The molecule has 0 aromatic heterocycles. The van der Waals surface area contributed by atoms with Crippen LogP contribution in [0.4, 0.5) is 0 Å². The summed E-state index contributed by atoms with van der Waals surface area (Å²) in [5, 5.41) is 43.3. The summed E-state index contributed by atoms with van der Waals surface area (Å²) in [5.41, 5.74) is -1.68. The van der Waals surface area contributed by atoms with Crippen molar-refractivity contribution in [2.45, 2.75) is 46.5 Å². The number of carbonyl (C=O) groups is 2. The highest BCUT2D eigenvalue weighted by Gasteiger charge is 2.72. The second-order valence-corrected chi connectivity index (χ2v) is 9.99. The number of phenols is 1. The van der Waals surface area contributed by atoms with Crippen LogP contribution in [-0.2, 0) is 14.4 Å². The van der Waals surface area contributed by atoms with Gasteiger partial charge in [-0.2, -0.15) is 5.06 Å². The third-order valence-electron chi connectivity index (χ3n) is 6.87. The molecule has 0 unspecified atom stereocenters. The lowest BCUT2D eigenvalue weighted by Gasteiger charge is -2.63. The molecule has 178 valence electrons. The van der Waals surface area contributed by atoms with E-state index in [-0.39, 0.29) is 17.9 Å². The van der Waals surface area contributed by atoms with Gasteiger partial charge in [-0.25, -0.2) is 0 Å². The topological polar surface area (TPSA) is 149 Å². The third-order valence-corrected chi connectivity index (χ3v) is 8.51. The zero-order chi connectivity index (χ0) is 23.9. The molecule has 4 heterocycles. The van der Waals surface area contributed by atoms with Gasteiger partial charge in [0.2, 0.25) is 5.75 Å². The average molecular weight is 480 g/mol. The van der Waals surface area contributed by atoms with E-state index in [2.05, 4.69) is 0 Å². The smallest absolute Gasteiger partial charge is 0.272 e. The van der Waals surface area contributed by atoms with Gasteiger partial charge in [0, 0.05) is 19.0 Å². The zero-order valence-electron chi connectivity index (χ0n) is 18.0. The van der Waals surface area contributed by atoms with Crippen molar-refractivity contribution in [1.29, 1.82) is 0 Å². The number of hydrogen-bond acceptors (Lipinski definition) is 10. The Hall–Kier alpha value is -2.51. The average Bonchev–Trinajstić information content (AvgIpc) is 2.78. The molecule has 2 bridgehead atoms. The molecule has 4 saturated heterocycles. The standard InChI is InChI=1S/C21H24N2O9S/c1-22-13-16(9-4-6-11(30-2)15(31-3)14(9)26)33-21(19(22)28)8-20(29)12(25)7-5-10(24)17(20)32-23(21)18(13)27/h4-7,10,12-13,16-17,24-26,29H,8H2,1-3H3/t10-,12-,13-,16-,17+,20+,21-/m1/s1. The number of phenolic OH excluding ortho intramolecular Hbond substituents is 1. The summed E-state index contributed by atoms with van der Waals surface area (Å²) in [4.78, 5) is 32.2. The number of aromatic hydroxyl groups is 1. The van der Waals surface area contributed by atoms with Crippen LogP contribution < -0.4 is 9.47 Å². The number of methoxy groups -OCH3 is 2. The van der Waals surface area contributed by atoms with Gasteiger partial charge in [0.05, 0.1) is 19.5 Å². The van der Waals surface area contributed by atoms with E-state index in [1.54, 1.807) is 12.1 Å². The van der Waals surface area contributed by atoms with Crippen LogP contribution in [-0.4, -0.2) is 98.3 Å². The number of fused-ring (bicyclic) bond motifs is 3. The molecule has 5 aliphatic rings. The van der Waals surface area contributed by atoms with Crippen molar-refractivity contribution in [1.82, 2.24) is 9.96 Å². The first-order valence-electron chi connectivity index (χ1n) is 10.3. The number of benzene rings is 1. The van der Waals surface area contributed by atoms with Crippen LogP contribution >= 0.6 is 11.8 Å². The molecule has 7 atom stereocenters. The summed E-state index contributed by atoms with van der Waals surface area (Å²) in [5.74, 6) is -0.903. The first kappa shape index (κ1) is 22.3. The number of thioether (sulfide) groups is 1. The maximum absolute atomic E-state index is 13.5. The SMILES string of the molecule is COc1ccc([C@H]2S[C@@]34C[C@]5(O)[C@H](O)C=C[C@@H](O)[C@@H]5ON3C(=O)[C@@H]2N(C)C4=O)c(O)c1OC. The molecular formula is C21H24N2O9S. The number of likely N-dealkylation sites (N-methyl/N-ethyl adjacent to an activating group) is 1. The van der Waals surface area contributed by atoms with Gasteiger partial charge in [-0.1, -0.05) is 18.2 Å². The van der Waals surface area contributed by atoms with Crippen LogP contribution in [0.25, 0.3) is 0 Å². The van der Waals surface area contributed by atoms with Gasteiger partial charge in [-0.15, -0.1) is 11.8 Å². The molecule has 33 heavy (non-hydrogen) atoms. The minimum absolute atomic E-state index is 0.0855. The van der Waals surface area contributed by atoms with Crippen LogP contribution in [0.15, 0.2) is 24.3 Å². The van der Waals surface area contributed by atoms with Gasteiger partial charge in [-0.3, -0.25) is 14.4 Å². The molecule has 4 aliphatic heterocycles. The van der Waals surface area contributed by atoms with Gasteiger partial charge in [-0.05, 0) is 6.07 Å². The summed E-state index contributed by atoms with van der Waals surface area (Å²) >= 11 is 1.04. The Bertz CT molecular complexity index is 1070. The number of amides is 2. The minimum atomic E-state index is -2.02. The van der Waals surface area contributed by atoms with Crippen LogP contribution in [0.1, 0.15) is 17.2 Å². The first-order chi connectivity index (χ1) is 15.6. The predicted octanol–water partition coefficient (Wildman–Crippen LogP) is -0.711. The van der Waals surface area contributed by atoms with E-state index in [1.165, 1.54) is 38.3 Å². The molecule has 0 radical (unpaired) electrons. The van der Waals surface area contributed by atoms with Gasteiger partial charge in [0.1, 0.15) is 30.0 Å². The molecule has 1 aliphatic carbocycles. The second kappa shape index (κ2) is 7.24. The highest BCUT2D eigenvalue weighted by Crippen LogP contribution is 2.62. The molecule has 4 N–H and O–H groups in total. The van der Waals surface area contributed by atoms with Crippen LogP contribution in [0.5, 0.6) is 17.2 Å². The number of carbonyl (C=O) groups excluding carboxylic acids is 2. The van der Waals surface area contributed by atoms with E-state index in [9.17, 15) is 30.0 Å². The number of nitrogens with zero attached hydrogens (tertiary/aromatic N) is 2. The van der Waals surface area contributed by atoms with Gasteiger partial charge >= 0.3 is 0 Å². The highest BCUT2D eigenvalue weighted by atomic mass is 32.2. The number of ether oxygens (including phenoxy) is 2. The van der Waals surface area contributed by atoms with E-state index < -0.39 is 51.9 Å². The highest BCUT2D eigenvalue weighted by molar-refractivity contribution is 8.01. The summed E-state index contributed by atoms with van der Waals surface area (Å²) in [6.45, 7) is 0. The van der Waals surface area contributed by atoms with Crippen molar-refractivity contribution in [3.05, 3.63) is 29.8 Å². The third kappa shape index (κ3) is 2.72. The van der Waals surface area contributed by atoms with Crippen LogP contribution in [0.3, 0.4) is 0 Å². The quantitative estimate of drug-likeness (QED) is 0.409. The number of rotatable bonds is 3. The second-order valence-electron chi connectivity index (χ2n) is 8.57. The first-order valence-corrected chi connectivity index (χ1v) is 11.1. The Morgan fingerprint density at radius 2 is 1.91 bits per heavy atom. The molecule has 6 rings (SSSR count). The van der Waals surface area contributed by atoms with Crippen LogP contribution in [0.2, 0.25) is 0 Å². The molecule has 11 nitrogen and oxygen atoms in total. The monoisotopic (exact) mass is 480 g/mol. The lowest BCUT2D eigenvalue weighted by Crippen LogP contribution is -2.81. The number of hydrogen-bond donors (Lipinski definition) is 4. The van der Waals surface area contributed by atoms with Crippen molar-refractivity contribution in [3.8, 4) is 17.2 Å². The molecule has 1 aromatic carbocycles. The fraction of sp³-hybridized carbons (Fsp3) is 0.524. The Morgan fingerprint density at radius 3 is 2.58 bits per heavy atom. The maximum atomic E-state index is 13.5. The Labute approximate surface area is 193 Å². The molecule has 0 saturated carbocycles. The number of aliphatic hydroxyl groups is 3. The molecule has 1 spiro atoms. The van der Waals surface area contributed by atoms with Gasteiger partial charge < -0.3 is 34.8 Å². The molecule has 1 aromatic rings. The summed E-state index contributed by atoms with van der Waals surface area (Å²) < 4.78 is 10.5. The Balaban J connectivity index is 1.63. The fourth-order valence-electron chi connectivity index (χ4n) is 5.18. The van der Waals surface area contributed by atoms with E-state index in [0.717, 1.165) is 16.8 Å². The Kier molecular flexibility index (Phi) is 4.89. The van der Waals surface area contributed by atoms with Crippen molar-refractivity contribution in [2.24, 2.45) is 0 Å². The van der Waals surface area contributed by atoms with E-state index in [0.29, 0.717) is 11.3 Å². The van der Waals surface area contributed by atoms with Crippen LogP contribution in [0, 0.1) is 0 Å². The fourth-order valence-corrected chi connectivity index (χ4v) is 7.13. The van der Waals surface area contributed by atoms with E-state index >= 15 is 0 Å². The predicted molar refractivity (Wildman–Crippen MR) is 113 cm³/mol. The lowest BCUT2D eigenvalue weighted by atomic mass is 9.75. The Morgan fingerprint density at radius 1 is 1.18 bits per heavy atom. The summed E-state index contributed by atoms with van der Waals surface area (Å²) in [7, 11) is 4.27. The summed E-state index contributed by atoms with van der Waals surface area (Å²) in [6, 6.07) is 2.15.